The number of rotatable bonds is 15. The summed E-state index contributed by atoms with van der Waals surface area (Å²) in [6.07, 6.45) is 9.53. The fraction of sp³-hybridized carbons (Fsp3) is 0.537. The van der Waals surface area contributed by atoms with Crippen LogP contribution in [0.25, 0.3) is 28.2 Å². The van der Waals surface area contributed by atoms with Gasteiger partial charge in [-0.25, -0.2) is 9.48 Å². The van der Waals surface area contributed by atoms with Crippen LogP contribution >= 0.6 is 0 Å². The minimum atomic E-state index is -0.606. The molecule has 0 unspecified atom stereocenters. The molecule has 8 rings (SSSR count). The van der Waals surface area contributed by atoms with E-state index in [1.54, 1.807) is 25.0 Å². The van der Waals surface area contributed by atoms with Gasteiger partial charge in [0, 0.05) is 12.1 Å². The lowest BCUT2D eigenvalue weighted by atomic mass is 9.52. The molecule has 288 valence electrons. The van der Waals surface area contributed by atoms with Crippen molar-refractivity contribution in [2.24, 2.45) is 35.3 Å². The number of carbonyl (C=O) groups is 2. The van der Waals surface area contributed by atoms with Gasteiger partial charge in [0.05, 0.1) is 43.3 Å². The molecular weight excluding hydrogens is 685 g/mol. The van der Waals surface area contributed by atoms with E-state index in [1.165, 1.54) is 6.42 Å². The van der Waals surface area contributed by atoms with Crippen molar-refractivity contribution in [1.29, 1.82) is 0 Å². The number of methoxy groups -OCH3 is 2. The van der Waals surface area contributed by atoms with Crippen LogP contribution in [0.15, 0.2) is 48.7 Å². The molecule has 2 aromatic heterocycles. The van der Waals surface area contributed by atoms with Gasteiger partial charge in [-0.2, -0.15) is 10.6 Å². The Morgan fingerprint density at radius 3 is 2.30 bits per heavy atom. The second kappa shape index (κ2) is 16.3. The summed E-state index contributed by atoms with van der Waals surface area (Å²) >= 11 is 0. The van der Waals surface area contributed by atoms with Gasteiger partial charge >= 0.3 is 11.9 Å². The Labute approximate surface area is 317 Å². The summed E-state index contributed by atoms with van der Waals surface area (Å²) in [5, 5.41) is 13.8. The van der Waals surface area contributed by atoms with E-state index >= 15 is 0 Å². The molecule has 13 nitrogen and oxygen atoms in total. The molecule has 2 heterocycles. The van der Waals surface area contributed by atoms with Crippen molar-refractivity contribution in [2.45, 2.75) is 71.3 Å². The third kappa shape index (κ3) is 7.74. The first-order valence-electron chi connectivity index (χ1n) is 19.4. The molecule has 54 heavy (non-hydrogen) atoms. The lowest BCUT2D eigenvalue weighted by Gasteiger charge is -2.53. The number of carbonyl (C=O) groups excluding carboxylic acids is 2. The smallest absolute Gasteiger partial charge is 0.335 e. The van der Waals surface area contributed by atoms with Crippen LogP contribution in [0.2, 0.25) is 0 Å². The van der Waals surface area contributed by atoms with E-state index in [0.717, 1.165) is 92.5 Å². The van der Waals surface area contributed by atoms with Crippen molar-refractivity contribution in [3.63, 3.8) is 0 Å². The molecule has 0 radical (unpaired) electrons. The third-order valence-electron chi connectivity index (χ3n) is 11.8. The Morgan fingerprint density at radius 2 is 1.65 bits per heavy atom. The van der Waals surface area contributed by atoms with E-state index < -0.39 is 5.91 Å². The minimum Gasteiger partial charge on any atom is -0.496 e. The van der Waals surface area contributed by atoms with E-state index in [2.05, 4.69) is 47.7 Å². The average Bonchev–Trinajstić information content (AvgIpc) is 3.83. The zero-order valence-corrected chi connectivity index (χ0v) is 32.2. The topological polar surface area (TPSA) is 152 Å². The highest BCUT2D eigenvalue weighted by atomic mass is 16.7. The third-order valence-corrected chi connectivity index (χ3v) is 11.8. The summed E-state index contributed by atoms with van der Waals surface area (Å²) < 4.78 is 15.2. The normalized spacial score (nSPS) is 21.5. The molecule has 3 N–H and O–H groups in total. The highest BCUT2D eigenvalue weighted by Gasteiger charge is 2.51. The molecule has 13 heteroatoms. The summed E-state index contributed by atoms with van der Waals surface area (Å²) in [4.78, 5) is 35.0. The van der Waals surface area contributed by atoms with E-state index in [1.807, 2.05) is 41.2 Å². The van der Waals surface area contributed by atoms with Crippen molar-refractivity contribution >= 4 is 11.9 Å². The van der Waals surface area contributed by atoms with Crippen LogP contribution in [-0.4, -0.2) is 82.5 Å². The maximum absolute atomic E-state index is 13.7. The first-order chi connectivity index (χ1) is 26.2. The number of nitrogens with one attached hydrogen (secondary N) is 1. The van der Waals surface area contributed by atoms with Gasteiger partial charge in [-0.1, -0.05) is 31.2 Å². The molecule has 4 fully saturated rings. The summed E-state index contributed by atoms with van der Waals surface area (Å²) in [6, 6.07) is 13.3. The highest BCUT2D eigenvalue weighted by molar-refractivity contribution is 5.94. The van der Waals surface area contributed by atoms with Gasteiger partial charge in [-0.05, 0) is 137 Å². The van der Waals surface area contributed by atoms with Gasteiger partial charge in [0.25, 0.3) is 0 Å². The lowest BCUT2D eigenvalue weighted by Crippen LogP contribution is -2.49. The summed E-state index contributed by atoms with van der Waals surface area (Å²) in [5.74, 6) is 2.23. The number of aromatic nitrogens is 5. The molecule has 0 spiro atoms. The molecule has 4 aromatic rings. The number of nitrogens with two attached hydrogens (primary N) is 1. The van der Waals surface area contributed by atoms with Gasteiger partial charge in [0.15, 0.2) is 5.69 Å². The van der Waals surface area contributed by atoms with E-state index in [4.69, 9.17) is 25.1 Å². The van der Waals surface area contributed by atoms with Gasteiger partial charge < -0.3 is 24.9 Å². The van der Waals surface area contributed by atoms with E-state index in [9.17, 15) is 9.59 Å². The maximum Gasteiger partial charge on any atom is 0.335 e. The molecule has 1 amide bonds. The first kappa shape index (κ1) is 37.6. The van der Waals surface area contributed by atoms with Crippen molar-refractivity contribution in [2.75, 3.05) is 40.9 Å². The van der Waals surface area contributed by atoms with Crippen molar-refractivity contribution in [3.05, 3.63) is 59.9 Å². The Kier molecular flexibility index (Phi) is 11.4. The molecule has 0 atom stereocenters. The summed E-state index contributed by atoms with van der Waals surface area (Å²) in [6.45, 7) is 7.62. The Hall–Kier alpha value is -4.75. The van der Waals surface area contributed by atoms with Gasteiger partial charge in [-0.3, -0.25) is 9.48 Å². The fourth-order valence-electron chi connectivity index (χ4n) is 9.37. The fourth-order valence-corrected chi connectivity index (χ4v) is 9.37. The quantitative estimate of drug-likeness (QED) is 0.142. The van der Waals surface area contributed by atoms with E-state index in [-0.39, 0.29) is 23.5 Å². The van der Waals surface area contributed by atoms with Crippen LogP contribution in [0.3, 0.4) is 0 Å². The van der Waals surface area contributed by atoms with Crippen LogP contribution in [-0.2, 0) is 16.2 Å². The number of hydrogen-bond donors (Lipinski definition) is 2. The SMILES string of the molecule is COc1cccc(OC)c1-c1cc(C(=O)NOC(=O)C2C3CC4CC(C3)CC2C4)nn1-c1ccc(-c2cn(CCCN(C)CCCN)nn2)cc1C(C)C. The van der Waals surface area contributed by atoms with Crippen molar-refractivity contribution in [1.82, 2.24) is 35.2 Å². The van der Waals surface area contributed by atoms with Crippen LogP contribution < -0.4 is 20.7 Å². The second-order valence-electron chi connectivity index (χ2n) is 15.8. The zero-order chi connectivity index (χ0) is 37.9. The highest BCUT2D eigenvalue weighted by Crippen LogP contribution is 2.56. The minimum absolute atomic E-state index is 0.0786. The predicted octanol–water partition coefficient (Wildman–Crippen LogP) is 5.87. The number of hydrogen-bond acceptors (Lipinski definition) is 10. The molecule has 0 saturated heterocycles. The molecule has 0 aliphatic heterocycles. The number of aryl methyl sites for hydroxylation is 1. The molecule has 4 saturated carbocycles. The van der Waals surface area contributed by atoms with Crippen LogP contribution in [0.1, 0.15) is 80.8 Å². The Balaban J connectivity index is 1.16. The molecule has 4 aliphatic rings. The lowest BCUT2D eigenvalue weighted by molar-refractivity contribution is -0.167. The largest absolute Gasteiger partial charge is 0.496 e. The first-order valence-corrected chi connectivity index (χ1v) is 19.4. The molecular formula is C41H54N8O5. The molecule has 2 aromatic carbocycles. The monoisotopic (exact) mass is 738 g/mol. The average molecular weight is 739 g/mol. The number of ether oxygens (including phenoxy) is 2. The van der Waals surface area contributed by atoms with Crippen molar-refractivity contribution < 1.29 is 23.9 Å². The summed E-state index contributed by atoms with van der Waals surface area (Å²) in [7, 11) is 5.30. The standard InChI is InChI=1S/C41H54N8O5/c1-25(2)31-22-28(33-24-48(46-43-33)16-8-15-47(3)14-7-13-42)11-12-34(31)49-35(39-36(52-4)9-6-10-37(39)53-5)23-32(44-49)40(50)45-54-41(51)38-29-18-26-17-27(20-29)21-30(38)19-26/h6,9-12,22-27,29-30,38H,7-8,13-21,42H2,1-5H3,(H,45,50). The van der Waals surface area contributed by atoms with Crippen LogP contribution in [0.5, 0.6) is 11.5 Å². The number of benzene rings is 2. The number of amides is 1. The van der Waals surface area contributed by atoms with E-state index in [0.29, 0.717) is 41.1 Å². The van der Waals surface area contributed by atoms with Crippen LogP contribution in [0, 0.1) is 29.6 Å². The predicted molar refractivity (Wildman–Crippen MR) is 205 cm³/mol. The molecule has 4 aliphatic carbocycles. The maximum atomic E-state index is 13.7. The number of nitrogens with zero attached hydrogens (tertiary/aromatic N) is 6. The summed E-state index contributed by atoms with van der Waals surface area (Å²) in [5.41, 5.74) is 12.9. The van der Waals surface area contributed by atoms with Gasteiger partial charge in [0.1, 0.15) is 17.2 Å². The Bertz CT molecular complexity index is 1900. The molecule has 4 bridgehead atoms. The van der Waals surface area contributed by atoms with Crippen molar-refractivity contribution in [3.8, 4) is 39.7 Å². The van der Waals surface area contributed by atoms with Gasteiger partial charge in [0.2, 0.25) is 0 Å². The van der Waals surface area contributed by atoms with Gasteiger partial charge in [-0.15, -0.1) is 5.10 Å². The Morgan fingerprint density at radius 1 is 0.963 bits per heavy atom. The zero-order valence-electron chi connectivity index (χ0n) is 32.2. The second-order valence-corrected chi connectivity index (χ2v) is 15.8. The number of hydroxylamine groups is 1. The van der Waals surface area contributed by atoms with Crippen LogP contribution in [0.4, 0.5) is 0 Å².